The first-order valence-corrected chi connectivity index (χ1v) is 3.93. The number of nitrogen functional groups attached to an aromatic ring is 1. The van der Waals surface area contributed by atoms with E-state index in [1.54, 1.807) is 0 Å². The molecule has 0 bridgehead atoms. The Morgan fingerprint density at radius 3 is 2.71 bits per heavy atom. The molecular formula is C9H7F2N3. The summed E-state index contributed by atoms with van der Waals surface area (Å²) in [5.41, 5.74) is 5.51. The van der Waals surface area contributed by atoms with E-state index in [-0.39, 0.29) is 11.6 Å². The number of hydrogen-bond donors (Lipinski definition) is 1. The zero-order chi connectivity index (χ0) is 10.1. The van der Waals surface area contributed by atoms with E-state index in [2.05, 4.69) is 4.98 Å². The van der Waals surface area contributed by atoms with Gasteiger partial charge in [-0.15, -0.1) is 0 Å². The molecule has 0 spiro atoms. The second-order valence-corrected chi connectivity index (χ2v) is 2.73. The first-order valence-electron chi connectivity index (χ1n) is 3.93. The fraction of sp³-hybridized carbons (Fsp3) is 0. The molecule has 72 valence electrons. The van der Waals surface area contributed by atoms with Crippen molar-refractivity contribution in [1.29, 1.82) is 0 Å². The minimum absolute atomic E-state index is 0.0556. The smallest absolute Gasteiger partial charge is 0.204 e. The summed E-state index contributed by atoms with van der Waals surface area (Å²) in [7, 11) is 0. The molecule has 0 fully saturated rings. The van der Waals surface area contributed by atoms with Gasteiger partial charge in [-0.1, -0.05) is 6.07 Å². The largest absolute Gasteiger partial charge is 0.369 e. The molecule has 0 unspecified atom stereocenters. The fourth-order valence-electron chi connectivity index (χ4n) is 1.20. The molecule has 1 aromatic heterocycles. The van der Waals surface area contributed by atoms with Crippen LogP contribution in [0.15, 0.2) is 30.6 Å². The molecule has 0 atom stereocenters. The van der Waals surface area contributed by atoms with Gasteiger partial charge in [-0.25, -0.2) is 13.8 Å². The Bertz CT molecular complexity index is 465. The molecule has 0 radical (unpaired) electrons. The maximum Gasteiger partial charge on any atom is 0.204 e. The molecule has 0 aliphatic carbocycles. The minimum Gasteiger partial charge on any atom is -0.369 e. The van der Waals surface area contributed by atoms with E-state index in [9.17, 15) is 8.78 Å². The predicted octanol–water partition coefficient (Wildman–Crippen LogP) is 1.73. The van der Waals surface area contributed by atoms with E-state index < -0.39 is 11.6 Å². The van der Waals surface area contributed by atoms with E-state index in [1.165, 1.54) is 29.1 Å². The van der Waals surface area contributed by atoms with Gasteiger partial charge in [0.2, 0.25) is 5.95 Å². The summed E-state index contributed by atoms with van der Waals surface area (Å²) in [6.07, 6.45) is 2.88. The summed E-state index contributed by atoms with van der Waals surface area (Å²) in [6.45, 7) is 0. The Hall–Kier alpha value is -1.91. The highest BCUT2D eigenvalue weighted by molar-refractivity contribution is 5.40. The average Bonchev–Trinajstić information content (AvgIpc) is 2.57. The summed E-state index contributed by atoms with van der Waals surface area (Å²) in [6, 6.07) is 3.88. The topological polar surface area (TPSA) is 43.8 Å². The van der Waals surface area contributed by atoms with Gasteiger partial charge in [-0.05, 0) is 12.1 Å². The van der Waals surface area contributed by atoms with E-state index in [4.69, 9.17) is 5.73 Å². The number of anilines is 1. The number of aromatic nitrogens is 2. The Morgan fingerprint density at radius 1 is 1.29 bits per heavy atom. The van der Waals surface area contributed by atoms with Crippen molar-refractivity contribution >= 4 is 5.95 Å². The number of nitrogens with two attached hydrogens (primary N) is 1. The van der Waals surface area contributed by atoms with Gasteiger partial charge in [0.25, 0.3) is 0 Å². The SMILES string of the molecule is Nc1nccn1-c1cccc(F)c1F. The number of halogens is 2. The van der Waals surface area contributed by atoms with Crippen molar-refractivity contribution in [3.63, 3.8) is 0 Å². The van der Waals surface area contributed by atoms with Crippen LogP contribution in [0.5, 0.6) is 0 Å². The highest BCUT2D eigenvalue weighted by Gasteiger charge is 2.10. The Labute approximate surface area is 78.8 Å². The van der Waals surface area contributed by atoms with Crippen molar-refractivity contribution in [1.82, 2.24) is 9.55 Å². The highest BCUT2D eigenvalue weighted by atomic mass is 19.2. The van der Waals surface area contributed by atoms with Crippen LogP contribution >= 0.6 is 0 Å². The molecule has 1 heterocycles. The number of rotatable bonds is 1. The normalized spacial score (nSPS) is 10.4. The van der Waals surface area contributed by atoms with Crippen molar-refractivity contribution < 1.29 is 8.78 Å². The highest BCUT2D eigenvalue weighted by Crippen LogP contribution is 2.18. The minimum atomic E-state index is -0.933. The van der Waals surface area contributed by atoms with E-state index in [0.29, 0.717) is 0 Å². The maximum absolute atomic E-state index is 13.3. The van der Waals surface area contributed by atoms with Gasteiger partial charge in [-0.3, -0.25) is 4.57 Å². The molecule has 2 N–H and O–H groups in total. The van der Waals surface area contributed by atoms with Gasteiger partial charge in [0, 0.05) is 12.4 Å². The third-order valence-corrected chi connectivity index (χ3v) is 1.86. The molecule has 0 aliphatic heterocycles. The standard InChI is InChI=1S/C9H7F2N3/c10-6-2-1-3-7(8(6)11)14-5-4-13-9(14)12/h1-5H,(H2,12,13). The third kappa shape index (κ3) is 1.22. The van der Waals surface area contributed by atoms with Crippen LogP contribution in [0, 0.1) is 11.6 Å². The van der Waals surface area contributed by atoms with Crippen molar-refractivity contribution in [3.05, 3.63) is 42.2 Å². The number of imidazole rings is 1. The lowest BCUT2D eigenvalue weighted by Crippen LogP contribution is -2.03. The number of hydrogen-bond acceptors (Lipinski definition) is 2. The van der Waals surface area contributed by atoms with Crippen LogP contribution in [0.3, 0.4) is 0 Å². The third-order valence-electron chi connectivity index (χ3n) is 1.86. The lowest BCUT2D eigenvalue weighted by atomic mass is 10.3. The van der Waals surface area contributed by atoms with Gasteiger partial charge in [0.05, 0.1) is 5.69 Å². The second kappa shape index (κ2) is 3.10. The quantitative estimate of drug-likeness (QED) is 0.753. The molecule has 0 aliphatic rings. The van der Waals surface area contributed by atoms with E-state index >= 15 is 0 Å². The Morgan fingerprint density at radius 2 is 2.07 bits per heavy atom. The lowest BCUT2D eigenvalue weighted by molar-refractivity contribution is 0.504. The van der Waals surface area contributed by atoms with Gasteiger partial charge >= 0.3 is 0 Å². The zero-order valence-corrected chi connectivity index (χ0v) is 7.11. The van der Waals surface area contributed by atoms with Gasteiger partial charge in [0.1, 0.15) is 0 Å². The first kappa shape index (κ1) is 8.68. The van der Waals surface area contributed by atoms with Crippen LogP contribution in [0.2, 0.25) is 0 Å². The van der Waals surface area contributed by atoms with Crippen molar-refractivity contribution in [2.24, 2.45) is 0 Å². The predicted molar refractivity (Wildman–Crippen MR) is 47.9 cm³/mol. The van der Waals surface area contributed by atoms with Crippen LogP contribution in [0.25, 0.3) is 5.69 Å². The second-order valence-electron chi connectivity index (χ2n) is 2.73. The first-order chi connectivity index (χ1) is 6.70. The van der Waals surface area contributed by atoms with Gasteiger partial charge < -0.3 is 5.73 Å². The van der Waals surface area contributed by atoms with Crippen molar-refractivity contribution in [2.45, 2.75) is 0 Å². The van der Waals surface area contributed by atoms with Gasteiger partial charge in [0.15, 0.2) is 11.6 Å². The van der Waals surface area contributed by atoms with Crippen molar-refractivity contribution in [2.75, 3.05) is 5.73 Å². The zero-order valence-electron chi connectivity index (χ0n) is 7.11. The summed E-state index contributed by atoms with van der Waals surface area (Å²) in [5, 5.41) is 0. The molecule has 5 heteroatoms. The molecule has 3 nitrogen and oxygen atoms in total. The monoisotopic (exact) mass is 195 g/mol. The summed E-state index contributed by atoms with van der Waals surface area (Å²) < 4.78 is 27.4. The summed E-state index contributed by atoms with van der Waals surface area (Å²) in [4.78, 5) is 3.72. The van der Waals surface area contributed by atoms with E-state index in [1.807, 2.05) is 0 Å². The molecule has 1 aromatic carbocycles. The van der Waals surface area contributed by atoms with E-state index in [0.717, 1.165) is 6.07 Å². The molecule has 0 saturated heterocycles. The van der Waals surface area contributed by atoms with Gasteiger partial charge in [-0.2, -0.15) is 0 Å². The number of benzene rings is 1. The van der Waals surface area contributed by atoms with Crippen LogP contribution in [-0.4, -0.2) is 9.55 Å². The molecule has 0 saturated carbocycles. The molecule has 0 amide bonds. The Balaban J connectivity index is 2.63. The average molecular weight is 195 g/mol. The summed E-state index contributed by atoms with van der Waals surface area (Å²) >= 11 is 0. The maximum atomic E-state index is 13.3. The number of nitrogens with zero attached hydrogens (tertiary/aromatic N) is 2. The lowest BCUT2D eigenvalue weighted by Gasteiger charge is -2.05. The van der Waals surface area contributed by atoms with Crippen LogP contribution in [0.4, 0.5) is 14.7 Å². The molecule has 2 rings (SSSR count). The van der Waals surface area contributed by atoms with Crippen molar-refractivity contribution in [3.8, 4) is 5.69 Å². The summed E-state index contributed by atoms with van der Waals surface area (Å²) in [5.74, 6) is -1.72. The Kier molecular flexibility index (Phi) is 1.92. The van der Waals surface area contributed by atoms with Crippen LogP contribution < -0.4 is 5.73 Å². The molecular weight excluding hydrogens is 188 g/mol. The fourth-order valence-corrected chi connectivity index (χ4v) is 1.20. The van der Waals surface area contributed by atoms with Crippen LogP contribution in [-0.2, 0) is 0 Å². The molecule has 2 aromatic rings. The molecule has 14 heavy (non-hydrogen) atoms. The van der Waals surface area contributed by atoms with Crippen LogP contribution in [0.1, 0.15) is 0 Å².